The van der Waals surface area contributed by atoms with Crippen LogP contribution >= 0.6 is 12.4 Å². The number of amides is 1. The minimum Gasteiger partial charge on any atom is -0.353 e. The molecule has 3 atom stereocenters. The molecule has 1 aliphatic carbocycles. The van der Waals surface area contributed by atoms with Gasteiger partial charge in [0.05, 0.1) is 0 Å². The standard InChI is InChI=1S/C12H24N2O.ClH/c1-8-4-9(2)6-11(5-8)14-12(15)10(3)7-13;/h8-11H,4-7,13H2,1-3H3,(H,14,15);1H. The van der Waals surface area contributed by atoms with Crippen molar-refractivity contribution >= 4 is 18.3 Å². The Morgan fingerprint density at radius 3 is 2.25 bits per heavy atom. The van der Waals surface area contributed by atoms with Crippen LogP contribution in [0.2, 0.25) is 0 Å². The van der Waals surface area contributed by atoms with Gasteiger partial charge in [0, 0.05) is 18.5 Å². The SMILES string of the molecule is CC1CC(C)CC(NC(=O)C(C)CN)C1.Cl. The van der Waals surface area contributed by atoms with Crippen molar-refractivity contribution in [3.05, 3.63) is 0 Å². The maximum Gasteiger partial charge on any atom is 0.224 e. The van der Waals surface area contributed by atoms with Crippen LogP contribution in [0.3, 0.4) is 0 Å². The summed E-state index contributed by atoms with van der Waals surface area (Å²) in [6, 6.07) is 0.366. The van der Waals surface area contributed by atoms with E-state index in [1.54, 1.807) is 0 Å². The lowest BCUT2D eigenvalue weighted by molar-refractivity contribution is -0.125. The van der Waals surface area contributed by atoms with E-state index in [9.17, 15) is 4.79 Å². The van der Waals surface area contributed by atoms with E-state index >= 15 is 0 Å². The molecular weight excluding hydrogens is 224 g/mol. The average Bonchev–Trinajstić information content (AvgIpc) is 2.14. The molecule has 96 valence electrons. The molecule has 0 spiro atoms. The van der Waals surface area contributed by atoms with E-state index in [2.05, 4.69) is 19.2 Å². The van der Waals surface area contributed by atoms with Gasteiger partial charge in [-0.3, -0.25) is 4.79 Å². The van der Waals surface area contributed by atoms with Gasteiger partial charge in [0.2, 0.25) is 5.91 Å². The van der Waals surface area contributed by atoms with Crippen molar-refractivity contribution in [1.82, 2.24) is 5.32 Å². The van der Waals surface area contributed by atoms with Gasteiger partial charge in [-0.15, -0.1) is 12.4 Å². The highest BCUT2D eigenvalue weighted by molar-refractivity contribution is 5.85. The van der Waals surface area contributed by atoms with Crippen LogP contribution in [0.5, 0.6) is 0 Å². The van der Waals surface area contributed by atoms with Crippen LogP contribution in [0.1, 0.15) is 40.0 Å². The second-order valence-corrected chi connectivity index (χ2v) is 5.26. The van der Waals surface area contributed by atoms with Crippen LogP contribution in [0.4, 0.5) is 0 Å². The van der Waals surface area contributed by atoms with E-state index < -0.39 is 0 Å². The third-order valence-electron chi connectivity index (χ3n) is 3.33. The summed E-state index contributed by atoms with van der Waals surface area (Å²) in [5.41, 5.74) is 5.47. The molecule has 0 bridgehead atoms. The van der Waals surface area contributed by atoms with Crippen molar-refractivity contribution in [3.63, 3.8) is 0 Å². The number of carbonyl (C=O) groups excluding carboxylic acids is 1. The molecule has 16 heavy (non-hydrogen) atoms. The summed E-state index contributed by atoms with van der Waals surface area (Å²) in [7, 11) is 0. The molecule has 0 radical (unpaired) electrons. The Morgan fingerprint density at radius 2 is 1.81 bits per heavy atom. The molecule has 1 fully saturated rings. The summed E-state index contributed by atoms with van der Waals surface area (Å²) >= 11 is 0. The number of nitrogens with two attached hydrogens (primary N) is 1. The highest BCUT2D eigenvalue weighted by Crippen LogP contribution is 2.28. The van der Waals surface area contributed by atoms with Gasteiger partial charge in [0.1, 0.15) is 0 Å². The molecule has 1 rings (SSSR count). The van der Waals surface area contributed by atoms with Crippen molar-refractivity contribution in [2.75, 3.05) is 6.54 Å². The van der Waals surface area contributed by atoms with Gasteiger partial charge in [0.15, 0.2) is 0 Å². The fourth-order valence-corrected chi connectivity index (χ4v) is 2.52. The van der Waals surface area contributed by atoms with Crippen molar-refractivity contribution < 1.29 is 4.79 Å². The van der Waals surface area contributed by atoms with E-state index in [1.807, 2.05) is 6.92 Å². The second-order valence-electron chi connectivity index (χ2n) is 5.26. The molecule has 1 saturated carbocycles. The summed E-state index contributed by atoms with van der Waals surface area (Å²) in [6.07, 6.45) is 3.53. The molecule has 3 unspecified atom stereocenters. The molecule has 1 aliphatic rings. The van der Waals surface area contributed by atoms with Crippen molar-refractivity contribution in [3.8, 4) is 0 Å². The molecule has 0 heterocycles. The first-order chi connectivity index (χ1) is 7.02. The zero-order chi connectivity index (χ0) is 11.4. The highest BCUT2D eigenvalue weighted by atomic mass is 35.5. The van der Waals surface area contributed by atoms with E-state index in [1.165, 1.54) is 6.42 Å². The summed E-state index contributed by atoms with van der Waals surface area (Å²) < 4.78 is 0. The lowest BCUT2D eigenvalue weighted by Crippen LogP contribution is -2.43. The average molecular weight is 249 g/mol. The fraction of sp³-hybridized carbons (Fsp3) is 0.917. The zero-order valence-corrected chi connectivity index (χ0v) is 11.3. The van der Waals surface area contributed by atoms with Crippen LogP contribution in [0, 0.1) is 17.8 Å². The Kier molecular flexibility index (Phi) is 7.00. The number of hydrogen-bond donors (Lipinski definition) is 2. The third kappa shape index (κ3) is 4.71. The van der Waals surface area contributed by atoms with Gasteiger partial charge in [-0.05, 0) is 31.1 Å². The molecule has 0 saturated heterocycles. The van der Waals surface area contributed by atoms with Gasteiger partial charge in [0.25, 0.3) is 0 Å². The largest absolute Gasteiger partial charge is 0.353 e. The summed E-state index contributed by atoms with van der Waals surface area (Å²) in [5.74, 6) is 1.51. The Labute approximate surface area is 105 Å². The van der Waals surface area contributed by atoms with Gasteiger partial charge in [-0.25, -0.2) is 0 Å². The third-order valence-corrected chi connectivity index (χ3v) is 3.33. The highest BCUT2D eigenvalue weighted by Gasteiger charge is 2.25. The molecule has 3 nitrogen and oxygen atoms in total. The molecule has 0 aliphatic heterocycles. The van der Waals surface area contributed by atoms with Crippen molar-refractivity contribution in [1.29, 1.82) is 0 Å². The number of halogens is 1. The van der Waals surface area contributed by atoms with Crippen LogP contribution in [0.15, 0.2) is 0 Å². The molecule has 0 aromatic carbocycles. The van der Waals surface area contributed by atoms with Crippen LogP contribution in [-0.2, 0) is 4.79 Å². The van der Waals surface area contributed by atoms with Crippen LogP contribution < -0.4 is 11.1 Å². The van der Waals surface area contributed by atoms with E-state index in [0.717, 1.165) is 24.7 Å². The van der Waals surface area contributed by atoms with Crippen molar-refractivity contribution in [2.45, 2.75) is 46.1 Å². The van der Waals surface area contributed by atoms with Gasteiger partial charge >= 0.3 is 0 Å². The first-order valence-electron chi connectivity index (χ1n) is 6.03. The predicted molar refractivity (Wildman–Crippen MR) is 69.6 cm³/mol. The van der Waals surface area contributed by atoms with Crippen LogP contribution in [0.25, 0.3) is 0 Å². The first kappa shape index (κ1) is 15.7. The summed E-state index contributed by atoms with van der Waals surface area (Å²) in [4.78, 5) is 11.7. The molecule has 0 aromatic heterocycles. The van der Waals surface area contributed by atoms with E-state index in [0.29, 0.717) is 12.6 Å². The van der Waals surface area contributed by atoms with E-state index in [4.69, 9.17) is 5.73 Å². The molecule has 3 N–H and O–H groups in total. The molecule has 4 heteroatoms. The number of hydrogen-bond acceptors (Lipinski definition) is 2. The Balaban J connectivity index is 0.00000225. The maximum absolute atomic E-state index is 11.7. The first-order valence-corrected chi connectivity index (χ1v) is 6.03. The summed E-state index contributed by atoms with van der Waals surface area (Å²) in [5, 5.41) is 3.11. The van der Waals surface area contributed by atoms with E-state index in [-0.39, 0.29) is 24.2 Å². The van der Waals surface area contributed by atoms with Gasteiger partial charge < -0.3 is 11.1 Å². The Bertz CT molecular complexity index is 213. The zero-order valence-electron chi connectivity index (χ0n) is 10.5. The minimum absolute atomic E-state index is 0. The van der Waals surface area contributed by atoms with Crippen molar-refractivity contribution in [2.24, 2.45) is 23.5 Å². The number of carbonyl (C=O) groups is 1. The number of rotatable bonds is 3. The minimum atomic E-state index is -0.0578. The Morgan fingerprint density at radius 1 is 1.31 bits per heavy atom. The lowest BCUT2D eigenvalue weighted by atomic mass is 9.80. The van der Waals surface area contributed by atoms with Gasteiger partial charge in [-0.1, -0.05) is 20.8 Å². The normalized spacial score (nSPS) is 31.4. The van der Waals surface area contributed by atoms with Crippen LogP contribution in [-0.4, -0.2) is 18.5 Å². The molecule has 1 amide bonds. The fourth-order valence-electron chi connectivity index (χ4n) is 2.52. The lowest BCUT2D eigenvalue weighted by Gasteiger charge is -2.32. The Hall–Kier alpha value is -0.280. The van der Waals surface area contributed by atoms with Gasteiger partial charge in [-0.2, -0.15) is 0 Å². The molecule has 0 aromatic rings. The number of nitrogens with one attached hydrogen (secondary N) is 1. The maximum atomic E-state index is 11.7. The second kappa shape index (κ2) is 7.13. The quantitative estimate of drug-likeness (QED) is 0.802. The molecular formula is C12H25ClN2O. The summed E-state index contributed by atoms with van der Waals surface area (Å²) in [6.45, 7) is 6.84. The monoisotopic (exact) mass is 248 g/mol. The smallest absolute Gasteiger partial charge is 0.224 e. The topological polar surface area (TPSA) is 55.1 Å². The predicted octanol–water partition coefficient (Wildman–Crippen LogP) is 1.94.